The number of fused-ring (bicyclic) bond motifs is 3. The summed E-state index contributed by atoms with van der Waals surface area (Å²) < 4.78 is 28.6. The molecule has 2 aliphatic heterocycles. The molecule has 9 nitrogen and oxygen atoms in total. The molecule has 17 heteroatoms. The van der Waals surface area contributed by atoms with Gasteiger partial charge in [-0.15, -0.1) is 0 Å². The van der Waals surface area contributed by atoms with E-state index in [-0.39, 0.29) is 31.0 Å². The molecule has 2 aliphatic rings. The number of nitrogens with zero attached hydrogens (tertiary/aromatic N) is 5. The van der Waals surface area contributed by atoms with E-state index in [1.165, 1.54) is 63.3 Å². The van der Waals surface area contributed by atoms with Crippen molar-refractivity contribution < 1.29 is 49.9 Å². The number of halogens is 4. The van der Waals surface area contributed by atoms with Gasteiger partial charge in [0, 0.05) is 93.9 Å². The summed E-state index contributed by atoms with van der Waals surface area (Å²) in [5, 5.41) is 11.3. The summed E-state index contributed by atoms with van der Waals surface area (Å²) in [4.78, 5) is 4.20. The van der Waals surface area contributed by atoms with Crippen LogP contribution in [0, 0.1) is 20.8 Å². The van der Waals surface area contributed by atoms with E-state index < -0.39 is 24.2 Å². The van der Waals surface area contributed by atoms with Gasteiger partial charge < -0.3 is 20.4 Å². The number of alkyl halides is 1. The van der Waals surface area contributed by atoms with Crippen molar-refractivity contribution in [1.82, 2.24) is 19.6 Å². The third-order valence-corrected chi connectivity index (χ3v) is 18.4. The van der Waals surface area contributed by atoms with Gasteiger partial charge in [-0.2, -0.15) is 10.2 Å². The Kier molecular flexibility index (Phi) is 27.5. The smallest absolute Gasteiger partial charge is 1.00 e. The van der Waals surface area contributed by atoms with Crippen LogP contribution in [0.25, 0.3) is 21.8 Å². The van der Waals surface area contributed by atoms with Crippen molar-refractivity contribution in [2.45, 2.75) is 131 Å². The van der Waals surface area contributed by atoms with Crippen molar-refractivity contribution in [2.75, 3.05) is 39.1 Å². The molecule has 0 unspecified atom stereocenters. The molecule has 7 rings (SSSR count). The molecule has 0 N–H and O–H groups in total. The number of aromatic nitrogens is 4. The first-order valence-electron chi connectivity index (χ1n) is 22.0. The summed E-state index contributed by atoms with van der Waals surface area (Å²) in [6.07, 6.45) is 8.41. The molecule has 0 saturated carbocycles. The summed E-state index contributed by atoms with van der Waals surface area (Å²) in [7, 11) is -2.90. The van der Waals surface area contributed by atoms with E-state index >= 15 is 0 Å². The van der Waals surface area contributed by atoms with Crippen molar-refractivity contribution in [2.24, 2.45) is 4.99 Å². The number of hydrogen-bond donors (Lipinski definition) is 0. The SMILES string of the molecule is C1CCOC1.C[Si](C)(C)CCOCCl.Cc1ccc2c(c1Br)CN=C2.Cc1ccc2cn(COCC[Si](C)(C)C)nc2c1Br.Cc1ccc2cnn(COCC[Si](C)(C)C)c2c1Br.[H-].[Na+]. The van der Waals surface area contributed by atoms with Gasteiger partial charge in [0.1, 0.15) is 25.0 Å². The van der Waals surface area contributed by atoms with Gasteiger partial charge in [0.05, 0.1) is 18.3 Å². The molecule has 1 saturated heterocycles. The zero-order chi connectivity index (χ0) is 46.8. The maximum Gasteiger partial charge on any atom is 1.00 e. The van der Waals surface area contributed by atoms with Crippen molar-refractivity contribution in [3.8, 4) is 0 Å². The van der Waals surface area contributed by atoms with Crippen LogP contribution >= 0.6 is 59.4 Å². The Morgan fingerprint density at radius 2 is 1.20 bits per heavy atom. The second-order valence-corrected chi connectivity index (χ2v) is 39.1. The number of aryl methyl sites for hydroxylation is 3. The van der Waals surface area contributed by atoms with Gasteiger partial charge >= 0.3 is 29.6 Å². The minimum atomic E-state index is -1.02. The minimum absolute atomic E-state index is 0. The van der Waals surface area contributed by atoms with E-state index in [1.54, 1.807) is 0 Å². The number of benzene rings is 3. The molecule has 0 spiro atoms. The van der Waals surface area contributed by atoms with Gasteiger partial charge in [-0.3, -0.25) is 4.99 Å². The topological polar surface area (TPSA) is 84.9 Å². The largest absolute Gasteiger partial charge is 1.00 e. The molecule has 0 amide bonds. The molecular formula is C47H74Br3ClN5NaO4Si3. The molecule has 4 heterocycles. The number of rotatable bonds is 14. The molecule has 0 bridgehead atoms. The maximum atomic E-state index is 5.77. The monoisotopic (exact) mass is 1150 g/mol. The van der Waals surface area contributed by atoms with Crippen LogP contribution < -0.4 is 29.6 Å². The Morgan fingerprint density at radius 3 is 1.75 bits per heavy atom. The Hall–Kier alpha value is -0.509. The molecule has 1 fully saturated rings. The average Bonchev–Trinajstić information content (AvgIpc) is 4.05. The van der Waals surface area contributed by atoms with Crippen molar-refractivity contribution in [3.63, 3.8) is 0 Å². The molecule has 352 valence electrons. The Balaban J connectivity index is 0.000000428. The predicted molar refractivity (Wildman–Crippen MR) is 289 cm³/mol. The molecule has 0 atom stereocenters. The second-order valence-electron chi connectivity index (χ2n) is 19.7. The van der Waals surface area contributed by atoms with E-state index in [1.807, 2.05) is 28.0 Å². The van der Waals surface area contributed by atoms with E-state index in [2.05, 4.69) is 179 Å². The quantitative estimate of drug-likeness (QED) is 0.0626. The summed E-state index contributed by atoms with van der Waals surface area (Å²) in [6, 6.07) is 16.6. The van der Waals surface area contributed by atoms with Crippen LogP contribution in [-0.2, 0) is 39.0 Å². The fraction of sp³-hybridized carbons (Fsp3) is 0.553. The van der Waals surface area contributed by atoms with E-state index in [0.29, 0.717) is 19.5 Å². The number of aliphatic imine (C=N–C) groups is 1. The number of ether oxygens (including phenoxy) is 4. The molecular weight excluding hydrogens is 1080 g/mol. The van der Waals surface area contributed by atoms with Crippen LogP contribution in [0.1, 0.15) is 42.1 Å². The first-order chi connectivity index (χ1) is 29.6. The molecule has 3 aromatic carbocycles. The van der Waals surface area contributed by atoms with Crippen LogP contribution in [-0.4, -0.2) is 89.1 Å². The Morgan fingerprint density at radius 1 is 0.688 bits per heavy atom. The van der Waals surface area contributed by atoms with Gasteiger partial charge in [-0.05, 0) is 111 Å². The molecule has 64 heavy (non-hydrogen) atoms. The predicted octanol–water partition coefficient (Wildman–Crippen LogP) is 12.0. The zero-order valence-corrected chi connectivity index (χ0v) is 51.5. The summed E-state index contributed by atoms with van der Waals surface area (Å²) in [5.41, 5.74) is 8.41. The third-order valence-electron chi connectivity index (χ3n) is 10.1. The summed E-state index contributed by atoms with van der Waals surface area (Å²) >= 11 is 16.1. The van der Waals surface area contributed by atoms with Crippen molar-refractivity contribution in [1.29, 1.82) is 0 Å². The van der Waals surface area contributed by atoms with Gasteiger partial charge in [0.15, 0.2) is 0 Å². The maximum absolute atomic E-state index is 5.77. The minimum Gasteiger partial charge on any atom is -1.00 e. The van der Waals surface area contributed by atoms with E-state index in [0.717, 1.165) is 70.3 Å². The molecule has 0 radical (unpaired) electrons. The van der Waals surface area contributed by atoms with E-state index in [9.17, 15) is 0 Å². The third kappa shape index (κ3) is 22.3. The fourth-order valence-electron chi connectivity index (χ4n) is 5.88. The Labute approximate surface area is 441 Å². The van der Waals surface area contributed by atoms with Gasteiger partial charge in [-0.1, -0.05) is 123 Å². The molecule has 5 aromatic rings. The van der Waals surface area contributed by atoms with Crippen molar-refractivity contribution >= 4 is 112 Å². The first-order valence-corrected chi connectivity index (χ1v) is 36.0. The zero-order valence-electron chi connectivity index (χ0n) is 42.0. The van der Waals surface area contributed by atoms with Gasteiger partial charge in [0.2, 0.25) is 0 Å². The van der Waals surface area contributed by atoms with E-state index in [4.69, 9.17) is 30.5 Å². The Bertz CT molecular complexity index is 2180. The summed E-state index contributed by atoms with van der Waals surface area (Å²) in [5.74, 6) is 0. The van der Waals surface area contributed by atoms with Crippen LogP contribution in [0.2, 0.25) is 77.1 Å². The molecule has 2 aromatic heterocycles. The fourth-order valence-corrected chi connectivity index (χ4v) is 9.76. The normalized spacial score (nSPS) is 13.2. The van der Waals surface area contributed by atoms with Gasteiger partial charge in [0.25, 0.3) is 0 Å². The summed E-state index contributed by atoms with van der Waals surface area (Å²) in [6.45, 7) is 33.8. The van der Waals surface area contributed by atoms with Crippen LogP contribution in [0.3, 0.4) is 0 Å². The van der Waals surface area contributed by atoms with Crippen LogP contribution in [0.5, 0.6) is 0 Å². The molecule has 0 aliphatic carbocycles. The van der Waals surface area contributed by atoms with Crippen LogP contribution in [0.15, 0.2) is 67.2 Å². The first kappa shape index (κ1) is 59.6. The number of hydrogen-bond acceptors (Lipinski definition) is 7. The van der Waals surface area contributed by atoms with Crippen LogP contribution in [0.4, 0.5) is 0 Å². The standard InChI is InChI=1S/2C14H21BrN2OSi.C9H8BrN.C6H15ClOSi.C4H8O.Na.H/c1-11-5-6-12-9-17(16-14(12)13(11)15)10-18-7-8-19(2,3)4;1-11-5-6-12-9-16-17(14(12)13(11)15)10-18-7-8-19(2,3)4;1-6-2-3-7-4-11-5-8(7)9(6)10;1-9(2,3)5-4-8-6-7;1-2-4-5-3-1;;/h2*5-6,9H,7-8,10H2,1-4H3;2-4H,5H2,1H3;4-6H2,1-3H3;1-4H2;;/q;;;;;+1;-1. The average molecular weight is 1160 g/mol. The van der Waals surface area contributed by atoms with Gasteiger partial charge in [-0.25, -0.2) is 9.36 Å². The second kappa shape index (κ2) is 29.5. The van der Waals surface area contributed by atoms with Crippen molar-refractivity contribution in [3.05, 3.63) is 90.0 Å².